The van der Waals surface area contributed by atoms with Crippen LogP contribution in [-0.2, 0) is 27.9 Å². The summed E-state index contributed by atoms with van der Waals surface area (Å²) >= 11 is 0. The highest BCUT2D eigenvalue weighted by Gasteiger charge is 2.51. The minimum absolute atomic E-state index is 0.0538. The largest absolute Gasteiger partial charge is 0.472 e. The quantitative estimate of drug-likeness (QED) is 0.0163. The first-order valence-corrected chi connectivity index (χ1v) is 22.4. The Kier molecular flexibility index (Phi) is 31.7. The van der Waals surface area contributed by atoms with Gasteiger partial charge in [0.25, 0.3) is 0 Å². The highest BCUT2D eigenvalue weighted by atomic mass is 31.2. The Morgan fingerprint density at radius 1 is 0.579 bits per heavy atom. The number of phosphoric acid groups is 1. The van der Waals surface area contributed by atoms with Crippen LogP contribution in [0.25, 0.3) is 0 Å². The molecule has 0 radical (unpaired) electrons. The molecule has 0 aromatic carbocycles. The van der Waals surface area contributed by atoms with Gasteiger partial charge in [-0.05, 0) is 64.2 Å². The van der Waals surface area contributed by atoms with Gasteiger partial charge in [0.05, 0.1) is 19.6 Å². The molecule has 0 aliphatic heterocycles. The number of carbonyl (C=O) groups is 1. The highest BCUT2D eigenvalue weighted by molar-refractivity contribution is 7.47. The summed E-state index contributed by atoms with van der Waals surface area (Å²) in [6, 6.07) is 0. The highest BCUT2D eigenvalue weighted by Crippen LogP contribution is 2.47. The van der Waals surface area contributed by atoms with E-state index in [1.807, 2.05) is 18.2 Å². The lowest BCUT2D eigenvalue weighted by atomic mass is 9.85. The van der Waals surface area contributed by atoms with Crippen molar-refractivity contribution in [2.45, 2.75) is 166 Å². The standard InChI is InChI=1S/C44H73O12P/c1-3-5-7-9-11-13-15-17-19-21-23-25-27-29-31-33-38(45)55-37(36-54-57(51,52)56-44-42(49)40(47)39(46)41(48)43(44)50)35-53-34-32-30-28-26-24-22-20-18-16-14-12-10-8-6-4-2/h5,7,10-13,16-19,23,25,29,31,37,39-44,46-50H,3-4,6,8-9,14-15,20-22,24,26-28,30,32-36H2,1-2H3,(H,51,52)/b7-5-,12-10-,13-11-,18-16-,19-17-,25-23-,31-29-. The second-order valence-electron chi connectivity index (χ2n) is 14.1. The molecule has 326 valence electrons. The van der Waals surface area contributed by atoms with Gasteiger partial charge in [-0.25, -0.2) is 4.57 Å². The predicted molar refractivity (Wildman–Crippen MR) is 225 cm³/mol. The van der Waals surface area contributed by atoms with Crippen molar-refractivity contribution in [1.29, 1.82) is 0 Å². The molecular weight excluding hydrogens is 751 g/mol. The van der Waals surface area contributed by atoms with Crippen molar-refractivity contribution >= 4 is 13.8 Å². The fourth-order valence-electron chi connectivity index (χ4n) is 5.68. The van der Waals surface area contributed by atoms with Crippen molar-refractivity contribution in [3.05, 3.63) is 85.1 Å². The van der Waals surface area contributed by atoms with Crippen LogP contribution in [0.3, 0.4) is 0 Å². The van der Waals surface area contributed by atoms with Gasteiger partial charge in [0.15, 0.2) is 0 Å². The molecule has 13 heteroatoms. The molecule has 6 atom stereocenters. The van der Waals surface area contributed by atoms with Crippen LogP contribution in [0.5, 0.6) is 0 Å². The van der Waals surface area contributed by atoms with Crippen LogP contribution < -0.4 is 0 Å². The molecule has 0 spiro atoms. The van der Waals surface area contributed by atoms with Crippen LogP contribution in [-0.4, -0.2) is 98.9 Å². The van der Waals surface area contributed by atoms with Crippen molar-refractivity contribution in [3.63, 3.8) is 0 Å². The number of hydrogen-bond donors (Lipinski definition) is 6. The van der Waals surface area contributed by atoms with Crippen LogP contribution in [0.1, 0.15) is 123 Å². The van der Waals surface area contributed by atoms with E-state index in [9.17, 15) is 39.8 Å². The van der Waals surface area contributed by atoms with Gasteiger partial charge in [-0.15, -0.1) is 0 Å². The number of aliphatic hydroxyl groups excluding tert-OH is 5. The average molecular weight is 825 g/mol. The van der Waals surface area contributed by atoms with Crippen LogP contribution in [0.2, 0.25) is 0 Å². The molecule has 57 heavy (non-hydrogen) atoms. The number of carbonyl (C=O) groups excluding carboxylic acids is 1. The lowest BCUT2D eigenvalue weighted by Gasteiger charge is -2.41. The normalized spacial score (nSPS) is 23.7. The fraction of sp³-hybridized carbons (Fsp3) is 0.659. The number of rotatable bonds is 33. The molecule has 0 heterocycles. The topological polar surface area (TPSA) is 192 Å². The molecule has 0 amide bonds. The summed E-state index contributed by atoms with van der Waals surface area (Å²) in [5.74, 6) is -0.612. The molecule has 6 N–H and O–H groups in total. The Hall–Kier alpha value is -2.48. The zero-order valence-electron chi connectivity index (χ0n) is 34.3. The first-order chi connectivity index (χ1) is 27.5. The Morgan fingerprint density at radius 3 is 1.58 bits per heavy atom. The molecule has 0 aromatic rings. The van der Waals surface area contributed by atoms with E-state index in [0.717, 1.165) is 83.5 Å². The van der Waals surface area contributed by atoms with E-state index in [1.54, 1.807) is 6.08 Å². The van der Waals surface area contributed by atoms with Gasteiger partial charge < -0.3 is 39.9 Å². The molecular formula is C44H73O12P. The maximum absolute atomic E-state index is 12.8. The first-order valence-electron chi connectivity index (χ1n) is 20.9. The summed E-state index contributed by atoms with van der Waals surface area (Å²) < 4.78 is 33.9. The zero-order valence-corrected chi connectivity index (χ0v) is 35.2. The number of hydrogen-bond acceptors (Lipinski definition) is 11. The smallest absolute Gasteiger partial charge is 0.457 e. The second-order valence-corrected chi connectivity index (χ2v) is 15.5. The summed E-state index contributed by atoms with van der Waals surface area (Å²) in [6.07, 6.45) is 32.6. The predicted octanol–water partition coefficient (Wildman–Crippen LogP) is 7.80. The van der Waals surface area contributed by atoms with Crippen molar-refractivity contribution < 1.29 is 58.3 Å². The summed E-state index contributed by atoms with van der Waals surface area (Å²) in [6.45, 7) is 3.94. The van der Waals surface area contributed by atoms with E-state index < -0.39 is 63.1 Å². The number of phosphoric ester groups is 1. The summed E-state index contributed by atoms with van der Waals surface area (Å²) in [4.78, 5) is 23.0. The van der Waals surface area contributed by atoms with Gasteiger partial charge in [-0.1, -0.05) is 137 Å². The second kappa shape index (κ2) is 34.4. The lowest BCUT2D eigenvalue weighted by molar-refractivity contribution is -0.220. The van der Waals surface area contributed by atoms with E-state index >= 15 is 0 Å². The zero-order chi connectivity index (χ0) is 42.0. The van der Waals surface area contributed by atoms with Gasteiger partial charge in [-0.2, -0.15) is 0 Å². The van der Waals surface area contributed by atoms with Crippen molar-refractivity contribution in [3.8, 4) is 0 Å². The molecule has 0 aromatic heterocycles. The Bertz CT molecular complexity index is 1260. The average Bonchev–Trinajstić information content (AvgIpc) is 3.19. The fourth-order valence-corrected chi connectivity index (χ4v) is 6.65. The summed E-state index contributed by atoms with van der Waals surface area (Å²) in [5.41, 5.74) is 0. The molecule has 1 aliphatic carbocycles. The van der Waals surface area contributed by atoms with Crippen molar-refractivity contribution in [1.82, 2.24) is 0 Å². The molecule has 1 aliphatic rings. The monoisotopic (exact) mass is 824 g/mol. The van der Waals surface area contributed by atoms with Crippen molar-refractivity contribution in [2.24, 2.45) is 0 Å². The van der Waals surface area contributed by atoms with Crippen LogP contribution in [0.15, 0.2) is 85.1 Å². The van der Waals surface area contributed by atoms with Gasteiger partial charge in [0.2, 0.25) is 0 Å². The summed E-state index contributed by atoms with van der Waals surface area (Å²) in [7, 11) is -5.05. The van der Waals surface area contributed by atoms with E-state index in [1.165, 1.54) is 12.8 Å². The SMILES string of the molecule is CC/C=C\C/C=C\C/C=C\C/C=C\C/C=C\CC(=O)OC(COCCCCCCCC/C=C\C/C=C\CCCC)COP(=O)(O)OC1C(O)C(O)C(O)C(O)C1O. The molecule has 0 bridgehead atoms. The van der Waals surface area contributed by atoms with E-state index in [0.29, 0.717) is 13.0 Å². The number of aliphatic hydroxyl groups is 5. The van der Waals surface area contributed by atoms with Crippen LogP contribution in [0.4, 0.5) is 0 Å². The van der Waals surface area contributed by atoms with Gasteiger partial charge in [0, 0.05) is 6.61 Å². The minimum Gasteiger partial charge on any atom is -0.457 e. The van der Waals surface area contributed by atoms with Crippen LogP contribution >= 0.6 is 7.82 Å². The number of unbranched alkanes of at least 4 members (excludes halogenated alkanes) is 8. The van der Waals surface area contributed by atoms with Crippen LogP contribution in [0, 0.1) is 0 Å². The number of allylic oxidation sites excluding steroid dienone is 13. The van der Waals surface area contributed by atoms with E-state index in [-0.39, 0.29) is 13.0 Å². The number of ether oxygens (including phenoxy) is 2. The molecule has 1 rings (SSSR count). The van der Waals surface area contributed by atoms with Gasteiger partial charge >= 0.3 is 13.8 Å². The lowest BCUT2D eigenvalue weighted by Crippen LogP contribution is -2.64. The van der Waals surface area contributed by atoms with Gasteiger partial charge in [-0.3, -0.25) is 13.8 Å². The molecule has 1 fully saturated rings. The third kappa shape index (κ3) is 27.0. The maximum Gasteiger partial charge on any atom is 0.472 e. The minimum atomic E-state index is -5.05. The van der Waals surface area contributed by atoms with E-state index in [4.69, 9.17) is 18.5 Å². The van der Waals surface area contributed by atoms with E-state index in [2.05, 4.69) is 74.6 Å². The number of esters is 1. The molecule has 1 saturated carbocycles. The third-order valence-corrected chi connectivity index (χ3v) is 10.0. The first kappa shape index (κ1) is 52.5. The molecule has 12 nitrogen and oxygen atoms in total. The Balaban J connectivity index is 2.53. The molecule has 0 saturated heterocycles. The van der Waals surface area contributed by atoms with Gasteiger partial charge in [0.1, 0.15) is 42.7 Å². The van der Waals surface area contributed by atoms with Crippen molar-refractivity contribution in [2.75, 3.05) is 19.8 Å². The molecule has 6 unspecified atom stereocenters. The Labute approximate surface area is 342 Å². The third-order valence-electron chi connectivity index (χ3n) is 9.03. The maximum atomic E-state index is 12.8. The summed E-state index contributed by atoms with van der Waals surface area (Å²) in [5, 5.41) is 50.0. The Morgan fingerprint density at radius 2 is 1.04 bits per heavy atom.